The Labute approximate surface area is 131 Å². The van der Waals surface area contributed by atoms with Crippen LogP contribution in [0.15, 0.2) is 35.2 Å². The Morgan fingerprint density at radius 3 is 2.45 bits per heavy atom. The van der Waals surface area contributed by atoms with Crippen LogP contribution in [0.5, 0.6) is 5.75 Å². The summed E-state index contributed by atoms with van der Waals surface area (Å²) >= 11 is 0. The van der Waals surface area contributed by atoms with Crippen molar-refractivity contribution in [2.24, 2.45) is 7.05 Å². The van der Waals surface area contributed by atoms with E-state index in [1.807, 2.05) is 30.3 Å². The van der Waals surface area contributed by atoms with Gasteiger partial charge in [0.2, 0.25) is 10.0 Å². The second kappa shape index (κ2) is 6.50. The average molecular weight is 323 g/mol. The molecule has 0 bridgehead atoms. The first-order valence-corrected chi connectivity index (χ1v) is 8.50. The number of hydrogen-bond donors (Lipinski definition) is 1. The fourth-order valence-electron chi connectivity index (χ4n) is 2.24. The van der Waals surface area contributed by atoms with E-state index < -0.39 is 10.0 Å². The summed E-state index contributed by atoms with van der Waals surface area (Å²) < 4.78 is 34.7. The van der Waals surface area contributed by atoms with Gasteiger partial charge in [0.1, 0.15) is 17.3 Å². The van der Waals surface area contributed by atoms with Crippen LogP contribution >= 0.6 is 0 Å². The van der Waals surface area contributed by atoms with Gasteiger partial charge in [0.15, 0.2) is 0 Å². The van der Waals surface area contributed by atoms with Crippen molar-refractivity contribution in [1.82, 2.24) is 14.5 Å². The van der Waals surface area contributed by atoms with E-state index in [1.165, 1.54) is 0 Å². The van der Waals surface area contributed by atoms with Crippen LogP contribution in [0.2, 0.25) is 0 Å². The Hall–Kier alpha value is -1.86. The Morgan fingerprint density at radius 2 is 1.91 bits per heavy atom. The van der Waals surface area contributed by atoms with Crippen LogP contribution in [-0.2, 0) is 17.1 Å². The smallest absolute Gasteiger partial charge is 0.244 e. The van der Waals surface area contributed by atoms with Crippen LogP contribution in [0.1, 0.15) is 18.3 Å². The van der Waals surface area contributed by atoms with Crippen LogP contribution in [0, 0.1) is 13.8 Å². The fraction of sp³-hybridized carbons (Fsp3) is 0.400. The van der Waals surface area contributed by atoms with Crippen LogP contribution in [-0.4, -0.2) is 30.8 Å². The molecular formula is C15H21N3O3S. The minimum atomic E-state index is -3.62. The maximum Gasteiger partial charge on any atom is 0.244 e. The molecule has 1 aromatic heterocycles. The molecule has 0 radical (unpaired) electrons. The molecule has 0 aliphatic rings. The van der Waals surface area contributed by atoms with Crippen molar-refractivity contribution in [3.8, 4) is 5.75 Å². The fourth-order valence-corrected chi connectivity index (χ4v) is 3.91. The number of sulfonamides is 1. The molecule has 22 heavy (non-hydrogen) atoms. The van der Waals surface area contributed by atoms with Gasteiger partial charge in [0, 0.05) is 7.05 Å². The molecule has 120 valence electrons. The van der Waals surface area contributed by atoms with Crippen LogP contribution in [0.4, 0.5) is 0 Å². The van der Waals surface area contributed by atoms with Gasteiger partial charge in [-0.3, -0.25) is 4.68 Å². The lowest BCUT2D eigenvalue weighted by molar-refractivity contribution is 0.287. The summed E-state index contributed by atoms with van der Waals surface area (Å²) in [6.45, 7) is 5.44. The number of hydrogen-bond acceptors (Lipinski definition) is 4. The van der Waals surface area contributed by atoms with Crippen LogP contribution in [0.25, 0.3) is 0 Å². The van der Waals surface area contributed by atoms with Gasteiger partial charge in [-0.15, -0.1) is 0 Å². The summed E-state index contributed by atoms with van der Waals surface area (Å²) in [7, 11) is -1.89. The first-order valence-electron chi connectivity index (χ1n) is 7.01. The van der Waals surface area contributed by atoms with Crippen LogP contribution < -0.4 is 9.46 Å². The highest BCUT2D eigenvalue weighted by molar-refractivity contribution is 7.89. The lowest BCUT2D eigenvalue weighted by Gasteiger charge is -2.15. The zero-order valence-corrected chi connectivity index (χ0v) is 14.0. The monoisotopic (exact) mass is 323 g/mol. The van der Waals surface area contributed by atoms with E-state index in [9.17, 15) is 8.42 Å². The van der Waals surface area contributed by atoms with E-state index in [0.29, 0.717) is 17.1 Å². The number of para-hydroxylation sites is 1. The molecule has 7 heteroatoms. The van der Waals surface area contributed by atoms with Gasteiger partial charge in [-0.1, -0.05) is 18.2 Å². The molecule has 0 aliphatic carbocycles. The third-order valence-corrected chi connectivity index (χ3v) is 5.15. The van der Waals surface area contributed by atoms with Gasteiger partial charge in [-0.25, -0.2) is 13.1 Å². The molecule has 0 amide bonds. The van der Waals surface area contributed by atoms with Crippen molar-refractivity contribution >= 4 is 10.0 Å². The molecule has 0 saturated carbocycles. The Bertz CT molecular complexity index is 739. The van der Waals surface area contributed by atoms with Crippen molar-refractivity contribution in [2.45, 2.75) is 31.7 Å². The molecule has 2 aromatic rings. The van der Waals surface area contributed by atoms with E-state index in [4.69, 9.17) is 4.74 Å². The first kappa shape index (κ1) is 16.5. The molecule has 2 rings (SSSR count). The second-order valence-electron chi connectivity index (χ2n) is 5.27. The van der Waals surface area contributed by atoms with E-state index in [1.54, 1.807) is 32.5 Å². The third-order valence-electron chi connectivity index (χ3n) is 3.31. The normalized spacial score (nSPS) is 13.1. The summed E-state index contributed by atoms with van der Waals surface area (Å²) in [6.07, 6.45) is 0. The van der Waals surface area contributed by atoms with Crippen molar-refractivity contribution in [2.75, 3.05) is 6.61 Å². The highest BCUT2D eigenvalue weighted by Crippen LogP contribution is 2.18. The average Bonchev–Trinajstić information content (AvgIpc) is 2.71. The number of aryl methyl sites for hydroxylation is 2. The molecule has 0 fully saturated rings. The van der Waals surface area contributed by atoms with Gasteiger partial charge >= 0.3 is 0 Å². The number of aromatic nitrogens is 2. The molecule has 0 aliphatic heterocycles. The van der Waals surface area contributed by atoms with Gasteiger partial charge < -0.3 is 4.74 Å². The first-order chi connectivity index (χ1) is 10.3. The van der Waals surface area contributed by atoms with E-state index in [0.717, 1.165) is 0 Å². The zero-order chi connectivity index (χ0) is 16.3. The van der Waals surface area contributed by atoms with Crippen molar-refractivity contribution in [3.63, 3.8) is 0 Å². The predicted molar refractivity (Wildman–Crippen MR) is 84.4 cm³/mol. The topological polar surface area (TPSA) is 73.2 Å². The zero-order valence-electron chi connectivity index (χ0n) is 13.2. The number of nitrogens with zero attached hydrogens (tertiary/aromatic N) is 2. The lowest BCUT2D eigenvalue weighted by atomic mass is 10.3. The van der Waals surface area contributed by atoms with E-state index in [2.05, 4.69) is 9.82 Å². The number of benzene rings is 1. The number of ether oxygens (including phenoxy) is 1. The number of nitrogens with one attached hydrogen (secondary N) is 1. The van der Waals surface area contributed by atoms with Crippen LogP contribution in [0.3, 0.4) is 0 Å². The molecule has 0 unspecified atom stereocenters. The molecule has 0 spiro atoms. The minimum Gasteiger partial charge on any atom is -0.492 e. The molecule has 1 heterocycles. The summed E-state index contributed by atoms with van der Waals surface area (Å²) in [5.41, 5.74) is 1.10. The quantitative estimate of drug-likeness (QED) is 0.879. The second-order valence-corrected chi connectivity index (χ2v) is 6.92. The molecule has 0 saturated heterocycles. The molecule has 1 atom stereocenters. The molecule has 1 aromatic carbocycles. The minimum absolute atomic E-state index is 0.238. The molecular weight excluding hydrogens is 302 g/mol. The largest absolute Gasteiger partial charge is 0.492 e. The van der Waals surface area contributed by atoms with Gasteiger partial charge in [-0.05, 0) is 32.9 Å². The van der Waals surface area contributed by atoms with Crippen molar-refractivity contribution in [3.05, 3.63) is 41.7 Å². The van der Waals surface area contributed by atoms with Gasteiger partial charge in [0.05, 0.1) is 17.4 Å². The van der Waals surface area contributed by atoms with E-state index >= 15 is 0 Å². The SMILES string of the molecule is Cc1nn(C)c(C)c1S(=O)(=O)N[C@@H](C)COc1ccccc1. The molecule has 6 nitrogen and oxygen atoms in total. The van der Waals surface area contributed by atoms with Crippen molar-refractivity contribution < 1.29 is 13.2 Å². The lowest BCUT2D eigenvalue weighted by Crippen LogP contribution is -2.37. The maximum absolute atomic E-state index is 12.5. The highest BCUT2D eigenvalue weighted by Gasteiger charge is 2.25. The standard InChI is InChI=1S/C15H21N3O3S/c1-11(10-21-14-8-6-5-7-9-14)17-22(19,20)15-12(2)16-18(4)13(15)3/h5-9,11,17H,10H2,1-4H3/t11-/m0/s1. The summed E-state index contributed by atoms with van der Waals surface area (Å²) in [5.74, 6) is 0.710. The third kappa shape index (κ3) is 3.66. The maximum atomic E-state index is 12.5. The van der Waals surface area contributed by atoms with Gasteiger partial charge in [0.25, 0.3) is 0 Å². The molecule has 1 N–H and O–H groups in total. The van der Waals surface area contributed by atoms with Gasteiger partial charge in [-0.2, -0.15) is 5.10 Å². The number of rotatable bonds is 6. The Morgan fingerprint density at radius 1 is 1.27 bits per heavy atom. The predicted octanol–water partition coefficient (Wildman–Crippen LogP) is 1.78. The Balaban J connectivity index is 2.05. The summed E-state index contributed by atoms with van der Waals surface area (Å²) in [5, 5.41) is 4.14. The Kier molecular flexibility index (Phi) is 4.87. The highest BCUT2D eigenvalue weighted by atomic mass is 32.2. The van der Waals surface area contributed by atoms with E-state index in [-0.39, 0.29) is 17.5 Å². The van der Waals surface area contributed by atoms with Crippen molar-refractivity contribution in [1.29, 1.82) is 0 Å². The summed E-state index contributed by atoms with van der Waals surface area (Å²) in [4.78, 5) is 0.238. The summed E-state index contributed by atoms with van der Waals surface area (Å²) in [6, 6.07) is 8.93.